The smallest absolute Gasteiger partial charge is 0.238 e. The van der Waals surface area contributed by atoms with Crippen molar-refractivity contribution < 1.29 is 4.79 Å². The third kappa shape index (κ3) is 3.72. The highest BCUT2D eigenvalue weighted by atomic mass is 79.9. The summed E-state index contributed by atoms with van der Waals surface area (Å²) in [5.74, 6) is 0.0592. The summed E-state index contributed by atoms with van der Waals surface area (Å²) in [6, 6.07) is 6.78. The van der Waals surface area contributed by atoms with Crippen LogP contribution in [0.15, 0.2) is 18.2 Å². The average Bonchev–Trinajstić information content (AvgIpc) is 2.30. The van der Waals surface area contributed by atoms with Crippen molar-refractivity contribution in [3.05, 3.63) is 28.8 Å². The molecule has 1 aromatic carbocycles. The molecule has 0 bridgehead atoms. The highest BCUT2D eigenvalue weighted by Crippen LogP contribution is 2.21. The van der Waals surface area contributed by atoms with Crippen molar-refractivity contribution in [1.29, 1.82) is 5.26 Å². The molecule has 1 atom stereocenters. The van der Waals surface area contributed by atoms with Crippen molar-refractivity contribution in [2.24, 2.45) is 5.92 Å². The van der Waals surface area contributed by atoms with Gasteiger partial charge in [-0.15, -0.1) is 0 Å². The first-order valence-corrected chi connectivity index (χ1v) is 6.39. The number of hydrogen-bond donors (Lipinski definition) is 1. The van der Waals surface area contributed by atoms with Crippen LogP contribution in [0.5, 0.6) is 0 Å². The van der Waals surface area contributed by atoms with Gasteiger partial charge in [-0.3, -0.25) is 4.79 Å². The molecular weight excluding hydrogens is 304 g/mol. The van der Waals surface area contributed by atoms with E-state index in [2.05, 4.69) is 21.2 Å². The predicted octanol–water partition coefficient (Wildman–Crippen LogP) is 3.57. The second kappa shape index (κ2) is 6.04. The summed E-state index contributed by atoms with van der Waals surface area (Å²) < 4.78 is 0. The molecule has 1 amide bonds. The van der Waals surface area contributed by atoms with E-state index in [9.17, 15) is 4.79 Å². The molecule has 0 saturated heterocycles. The van der Waals surface area contributed by atoms with Crippen LogP contribution in [0, 0.1) is 17.2 Å². The van der Waals surface area contributed by atoms with Crippen LogP contribution in [0.2, 0.25) is 5.02 Å². The number of anilines is 1. The first kappa shape index (κ1) is 14.0. The van der Waals surface area contributed by atoms with Crippen molar-refractivity contribution in [2.45, 2.75) is 18.7 Å². The van der Waals surface area contributed by atoms with Gasteiger partial charge < -0.3 is 5.32 Å². The van der Waals surface area contributed by atoms with Gasteiger partial charge in [0.05, 0.1) is 15.4 Å². The molecule has 0 aliphatic heterocycles. The van der Waals surface area contributed by atoms with Gasteiger partial charge >= 0.3 is 0 Å². The Morgan fingerprint density at radius 2 is 2.18 bits per heavy atom. The fourth-order valence-corrected chi connectivity index (χ4v) is 1.48. The van der Waals surface area contributed by atoms with Gasteiger partial charge in [-0.1, -0.05) is 41.4 Å². The van der Waals surface area contributed by atoms with Gasteiger partial charge in [0.1, 0.15) is 6.07 Å². The highest BCUT2D eigenvalue weighted by molar-refractivity contribution is 9.10. The quantitative estimate of drug-likeness (QED) is 0.867. The molecule has 0 fully saturated rings. The monoisotopic (exact) mass is 314 g/mol. The number of rotatable bonds is 3. The Hall–Kier alpha value is -1.05. The van der Waals surface area contributed by atoms with E-state index in [-0.39, 0.29) is 16.7 Å². The molecule has 90 valence electrons. The molecule has 1 aromatic rings. The molecule has 1 rings (SSSR count). The number of carbonyl (C=O) groups is 1. The van der Waals surface area contributed by atoms with Gasteiger partial charge in [0, 0.05) is 5.69 Å². The molecule has 5 heteroatoms. The van der Waals surface area contributed by atoms with Gasteiger partial charge in [-0.05, 0) is 24.1 Å². The summed E-state index contributed by atoms with van der Waals surface area (Å²) in [6.07, 6.45) is 0. The number of benzene rings is 1. The number of amides is 1. The van der Waals surface area contributed by atoms with Crippen LogP contribution in [0.25, 0.3) is 0 Å². The Labute approximate surface area is 114 Å². The van der Waals surface area contributed by atoms with Crippen molar-refractivity contribution in [2.75, 3.05) is 5.32 Å². The van der Waals surface area contributed by atoms with Gasteiger partial charge in [0.25, 0.3) is 0 Å². The number of hydrogen-bond acceptors (Lipinski definition) is 2. The summed E-state index contributed by atoms with van der Waals surface area (Å²) in [5.41, 5.74) is 0.918. The van der Waals surface area contributed by atoms with Crippen LogP contribution in [-0.2, 0) is 4.79 Å². The van der Waals surface area contributed by atoms with Crippen molar-refractivity contribution in [3.8, 4) is 6.07 Å². The number of halogens is 2. The van der Waals surface area contributed by atoms with E-state index < -0.39 is 0 Å². The largest absolute Gasteiger partial charge is 0.325 e. The summed E-state index contributed by atoms with van der Waals surface area (Å²) in [7, 11) is 0. The minimum atomic E-state index is -0.260. The molecule has 1 unspecified atom stereocenters. The van der Waals surface area contributed by atoms with E-state index >= 15 is 0 Å². The van der Waals surface area contributed by atoms with Crippen LogP contribution in [0.4, 0.5) is 5.69 Å². The van der Waals surface area contributed by atoms with E-state index in [0.29, 0.717) is 16.3 Å². The maximum absolute atomic E-state index is 11.8. The fraction of sp³-hybridized carbons (Fsp3) is 0.333. The molecule has 1 N–H and O–H groups in total. The van der Waals surface area contributed by atoms with Crippen LogP contribution in [0.1, 0.15) is 19.4 Å². The van der Waals surface area contributed by atoms with E-state index in [4.69, 9.17) is 16.9 Å². The number of nitrogens with zero attached hydrogens (tertiary/aromatic N) is 1. The van der Waals surface area contributed by atoms with Crippen LogP contribution in [0.3, 0.4) is 0 Å². The molecule has 0 saturated carbocycles. The van der Waals surface area contributed by atoms with Gasteiger partial charge in [0.2, 0.25) is 5.91 Å². The lowest BCUT2D eigenvalue weighted by molar-refractivity contribution is -0.116. The van der Waals surface area contributed by atoms with E-state index in [1.807, 2.05) is 19.9 Å². The fourth-order valence-electron chi connectivity index (χ4n) is 1.20. The lowest BCUT2D eigenvalue weighted by Gasteiger charge is -2.14. The molecule has 0 aliphatic carbocycles. The Morgan fingerprint density at radius 1 is 1.53 bits per heavy atom. The summed E-state index contributed by atoms with van der Waals surface area (Å²) in [5, 5.41) is 11.9. The lowest BCUT2D eigenvalue weighted by atomic mass is 10.1. The number of nitrogens with one attached hydrogen (secondary N) is 1. The molecule has 0 aliphatic rings. The first-order chi connectivity index (χ1) is 7.95. The zero-order valence-corrected chi connectivity index (χ0v) is 11.8. The molecule has 0 spiro atoms. The second-order valence-electron chi connectivity index (χ2n) is 3.94. The van der Waals surface area contributed by atoms with Crippen molar-refractivity contribution in [1.82, 2.24) is 0 Å². The SMILES string of the molecule is CC(C)C(Br)C(=O)Nc1ccc(Cl)c(C#N)c1. The molecule has 17 heavy (non-hydrogen) atoms. The topological polar surface area (TPSA) is 52.9 Å². The minimum absolute atomic E-state index is 0.133. The van der Waals surface area contributed by atoms with Crippen molar-refractivity contribution in [3.63, 3.8) is 0 Å². The summed E-state index contributed by atoms with van der Waals surface area (Å²) in [4.78, 5) is 11.5. The van der Waals surface area contributed by atoms with Crippen molar-refractivity contribution >= 4 is 39.1 Å². The maximum atomic E-state index is 11.8. The predicted molar refractivity (Wildman–Crippen MR) is 72.3 cm³/mol. The standard InChI is InChI=1S/C12H12BrClN2O/c1-7(2)11(13)12(17)16-9-3-4-10(14)8(5-9)6-15/h3-5,7,11H,1-2H3,(H,16,17). The van der Waals surface area contributed by atoms with Gasteiger partial charge in [-0.2, -0.15) is 5.26 Å². The Kier molecular flexibility index (Phi) is 4.98. The lowest BCUT2D eigenvalue weighted by Crippen LogP contribution is -2.26. The summed E-state index contributed by atoms with van der Waals surface area (Å²) >= 11 is 9.11. The zero-order valence-electron chi connectivity index (χ0n) is 9.50. The van der Waals surface area contributed by atoms with E-state index in [0.717, 1.165) is 0 Å². The minimum Gasteiger partial charge on any atom is -0.325 e. The van der Waals surface area contributed by atoms with E-state index in [1.165, 1.54) is 0 Å². The zero-order chi connectivity index (χ0) is 13.0. The van der Waals surface area contributed by atoms with Crippen LogP contribution < -0.4 is 5.32 Å². The van der Waals surface area contributed by atoms with Gasteiger partial charge in [0.15, 0.2) is 0 Å². The Balaban J connectivity index is 2.83. The van der Waals surface area contributed by atoms with Gasteiger partial charge in [-0.25, -0.2) is 0 Å². The third-order valence-corrected chi connectivity index (χ3v) is 3.99. The number of alkyl halides is 1. The molecular formula is C12H12BrClN2O. The molecule has 0 heterocycles. The second-order valence-corrected chi connectivity index (χ2v) is 5.34. The summed E-state index contributed by atoms with van der Waals surface area (Å²) in [6.45, 7) is 3.89. The Morgan fingerprint density at radius 3 is 2.71 bits per heavy atom. The number of nitriles is 1. The first-order valence-electron chi connectivity index (χ1n) is 5.10. The maximum Gasteiger partial charge on any atom is 0.238 e. The number of carbonyl (C=O) groups excluding carboxylic acids is 1. The Bertz CT molecular complexity index is 468. The normalized spacial score (nSPS) is 12.0. The average molecular weight is 316 g/mol. The molecule has 3 nitrogen and oxygen atoms in total. The highest BCUT2D eigenvalue weighted by Gasteiger charge is 2.18. The molecule has 0 radical (unpaired) electrons. The third-order valence-electron chi connectivity index (χ3n) is 2.19. The molecule has 0 aromatic heterocycles. The van der Waals surface area contributed by atoms with E-state index in [1.54, 1.807) is 18.2 Å². The van der Waals surface area contributed by atoms with Crippen LogP contribution in [-0.4, -0.2) is 10.7 Å². The van der Waals surface area contributed by atoms with Crippen LogP contribution >= 0.6 is 27.5 Å².